The van der Waals surface area contributed by atoms with Gasteiger partial charge in [0.2, 0.25) is 17.7 Å². The number of nitrogens with zero attached hydrogens (tertiary/aromatic N) is 1. The Labute approximate surface area is 232 Å². The van der Waals surface area contributed by atoms with Gasteiger partial charge in [-0.15, -0.1) is 6.42 Å². The van der Waals surface area contributed by atoms with Crippen LogP contribution in [-0.4, -0.2) is 52.9 Å². The Balaban J connectivity index is 2.51. The van der Waals surface area contributed by atoms with E-state index in [0.717, 1.165) is 38.5 Å². The lowest BCUT2D eigenvalue weighted by Crippen LogP contribution is -2.54. The predicted octanol–water partition coefficient (Wildman–Crippen LogP) is 3.95. The Bertz CT molecular complexity index is 1040. The Kier molecular flexibility index (Phi) is 12.3. The smallest absolute Gasteiger partial charge is 0.408 e. The minimum atomic E-state index is -1.13. The van der Waals surface area contributed by atoms with Gasteiger partial charge in [-0.3, -0.25) is 14.4 Å². The third-order valence-corrected chi connectivity index (χ3v) is 6.63. The molecule has 0 saturated heterocycles. The van der Waals surface area contributed by atoms with E-state index in [-0.39, 0.29) is 31.3 Å². The van der Waals surface area contributed by atoms with Gasteiger partial charge in [0.15, 0.2) is 0 Å². The zero-order valence-corrected chi connectivity index (χ0v) is 23.8. The second-order valence-corrected chi connectivity index (χ2v) is 11.1. The largest absolute Gasteiger partial charge is 0.444 e. The third-order valence-electron chi connectivity index (χ3n) is 6.63. The molecule has 2 atom stereocenters. The number of alkyl carbamates (subject to hydrolysis) is 1. The molecule has 9 heteroatoms. The van der Waals surface area contributed by atoms with Crippen LogP contribution < -0.4 is 16.4 Å². The van der Waals surface area contributed by atoms with Crippen LogP contribution in [0.1, 0.15) is 103 Å². The zero-order valence-electron chi connectivity index (χ0n) is 23.8. The molecule has 2 rings (SSSR count). The molecule has 214 valence electrons. The molecule has 1 aliphatic carbocycles. The van der Waals surface area contributed by atoms with Gasteiger partial charge in [-0.25, -0.2) is 4.79 Å². The summed E-state index contributed by atoms with van der Waals surface area (Å²) >= 11 is 0. The van der Waals surface area contributed by atoms with Gasteiger partial charge < -0.3 is 26.0 Å². The van der Waals surface area contributed by atoms with Crippen molar-refractivity contribution in [2.75, 3.05) is 6.54 Å². The first-order chi connectivity index (χ1) is 18.5. The number of carbonyl (C=O) groups excluding carboxylic acids is 4. The normalized spacial score (nSPS) is 15.4. The molecule has 4 N–H and O–H groups in total. The number of carbonyl (C=O) groups is 4. The first-order valence-electron chi connectivity index (χ1n) is 13.9. The minimum Gasteiger partial charge on any atom is -0.444 e. The third kappa shape index (κ3) is 10.3. The quantitative estimate of drug-likeness (QED) is 0.346. The molecule has 39 heavy (non-hydrogen) atoms. The van der Waals surface area contributed by atoms with Gasteiger partial charge in [-0.2, -0.15) is 0 Å². The van der Waals surface area contributed by atoms with Crippen molar-refractivity contribution in [1.29, 1.82) is 0 Å². The molecular formula is C30H44N4O5. The van der Waals surface area contributed by atoms with Crippen molar-refractivity contribution >= 4 is 23.8 Å². The molecule has 4 amide bonds. The average molecular weight is 541 g/mol. The first kappa shape index (κ1) is 31.7. The van der Waals surface area contributed by atoms with E-state index in [0.29, 0.717) is 17.5 Å². The lowest BCUT2D eigenvalue weighted by atomic mass is 9.93. The second kappa shape index (κ2) is 15.2. The van der Waals surface area contributed by atoms with Crippen molar-refractivity contribution in [2.24, 2.45) is 5.73 Å². The highest BCUT2D eigenvalue weighted by atomic mass is 16.6. The van der Waals surface area contributed by atoms with Crippen molar-refractivity contribution in [3.8, 4) is 12.3 Å². The predicted molar refractivity (Wildman–Crippen MR) is 150 cm³/mol. The van der Waals surface area contributed by atoms with Crippen molar-refractivity contribution < 1.29 is 23.9 Å². The number of amides is 4. The van der Waals surface area contributed by atoms with Gasteiger partial charge in [0.05, 0.1) is 0 Å². The van der Waals surface area contributed by atoms with Crippen LogP contribution in [0.15, 0.2) is 24.3 Å². The maximum atomic E-state index is 14.1. The average Bonchev–Trinajstić information content (AvgIpc) is 2.88. The number of ether oxygens (including phenoxy) is 1. The number of nitrogens with two attached hydrogens (primary N) is 1. The molecule has 0 heterocycles. The lowest BCUT2D eigenvalue weighted by Gasteiger charge is -2.36. The number of hydrogen-bond acceptors (Lipinski definition) is 5. The molecule has 1 aromatic carbocycles. The SMILES string of the molecule is C#Cc1ccccc1C(C(=O)NC1CCCCC1)N(CCCC)C(=O)C(CCC(N)=O)NC(=O)OC(C)(C)C. The van der Waals surface area contributed by atoms with E-state index < -0.39 is 35.6 Å². The van der Waals surface area contributed by atoms with Crippen LogP contribution in [0.2, 0.25) is 0 Å². The summed E-state index contributed by atoms with van der Waals surface area (Å²) in [5, 5.41) is 5.76. The topological polar surface area (TPSA) is 131 Å². The summed E-state index contributed by atoms with van der Waals surface area (Å²) in [7, 11) is 0. The number of benzene rings is 1. The van der Waals surface area contributed by atoms with Crippen LogP contribution >= 0.6 is 0 Å². The Morgan fingerprint density at radius 1 is 1.15 bits per heavy atom. The summed E-state index contributed by atoms with van der Waals surface area (Å²) in [5.41, 5.74) is 5.62. The van der Waals surface area contributed by atoms with Crippen molar-refractivity contribution in [2.45, 2.75) is 109 Å². The fourth-order valence-corrected chi connectivity index (χ4v) is 4.73. The number of terminal acetylenes is 1. The van der Waals surface area contributed by atoms with Gasteiger partial charge in [0.1, 0.15) is 17.7 Å². The molecule has 1 saturated carbocycles. The maximum absolute atomic E-state index is 14.1. The van der Waals surface area contributed by atoms with E-state index in [2.05, 4.69) is 16.6 Å². The number of unbranched alkanes of at least 4 members (excludes halogenated alkanes) is 1. The van der Waals surface area contributed by atoms with E-state index in [1.54, 1.807) is 45.0 Å². The molecule has 0 radical (unpaired) electrons. The van der Waals surface area contributed by atoms with Crippen LogP contribution in [0.25, 0.3) is 0 Å². The molecular weight excluding hydrogens is 496 g/mol. The highest BCUT2D eigenvalue weighted by Gasteiger charge is 2.37. The lowest BCUT2D eigenvalue weighted by molar-refractivity contribution is -0.143. The number of rotatable bonds is 12. The van der Waals surface area contributed by atoms with E-state index in [1.165, 1.54) is 4.90 Å². The van der Waals surface area contributed by atoms with Crippen molar-refractivity contribution in [1.82, 2.24) is 15.5 Å². The van der Waals surface area contributed by atoms with Crippen LogP contribution in [0.5, 0.6) is 0 Å². The monoisotopic (exact) mass is 540 g/mol. The van der Waals surface area contributed by atoms with Crippen LogP contribution in [-0.2, 0) is 19.1 Å². The molecule has 1 fully saturated rings. The summed E-state index contributed by atoms with van der Waals surface area (Å²) in [6.45, 7) is 7.37. The Morgan fingerprint density at radius 2 is 1.82 bits per heavy atom. The van der Waals surface area contributed by atoms with E-state index in [1.807, 2.05) is 6.92 Å². The highest BCUT2D eigenvalue weighted by Crippen LogP contribution is 2.28. The van der Waals surface area contributed by atoms with Crippen LogP contribution in [0, 0.1) is 12.3 Å². The van der Waals surface area contributed by atoms with Gasteiger partial charge in [-0.05, 0) is 58.1 Å². The minimum absolute atomic E-state index is 0.0143. The number of primary amides is 1. The van der Waals surface area contributed by atoms with E-state index >= 15 is 0 Å². The Morgan fingerprint density at radius 3 is 2.41 bits per heavy atom. The number of nitrogens with one attached hydrogen (secondary N) is 2. The van der Waals surface area contributed by atoms with Crippen LogP contribution in [0.3, 0.4) is 0 Å². The van der Waals surface area contributed by atoms with Gasteiger partial charge >= 0.3 is 6.09 Å². The summed E-state index contributed by atoms with van der Waals surface area (Å²) in [6, 6.07) is 4.92. The molecule has 0 aliphatic heterocycles. The molecule has 1 aliphatic rings. The van der Waals surface area contributed by atoms with Crippen LogP contribution in [0.4, 0.5) is 4.79 Å². The highest BCUT2D eigenvalue weighted by molar-refractivity contribution is 5.93. The van der Waals surface area contributed by atoms with Gasteiger partial charge in [0, 0.05) is 24.6 Å². The summed E-state index contributed by atoms with van der Waals surface area (Å²) in [4.78, 5) is 53.8. The molecule has 2 unspecified atom stereocenters. The first-order valence-corrected chi connectivity index (χ1v) is 13.9. The van der Waals surface area contributed by atoms with Crippen molar-refractivity contribution in [3.05, 3.63) is 35.4 Å². The van der Waals surface area contributed by atoms with Gasteiger partial charge in [-0.1, -0.05) is 56.7 Å². The van der Waals surface area contributed by atoms with E-state index in [9.17, 15) is 19.2 Å². The molecule has 1 aromatic rings. The Hall–Kier alpha value is -3.54. The second-order valence-electron chi connectivity index (χ2n) is 11.1. The zero-order chi connectivity index (χ0) is 29.0. The summed E-state index contributed by atoms with van der Waals surface area (Å²) in [6.07, 6.45) is 11.2. The fourth-order valence-electron chi connectivity index (χ4n) is 4.73. The molecule has 0 spiro atoms. The van der Waals surface area contributed by atoms with Crippen molar-refractivity contribution in [3.63, 3.8) is 0 Å². The van der Waals surface area contributed by atoms with Gasteiger partial charge in [0.25, 0.3) is 0 Å². The molecule has 9 nitrogen and oxygen atoms in total. The number of hydrogen-bond donors (Lipinski definition) is 3. The maximum Gasteiger partial charge on any atom is 0.408 e. The molecule has 0 aromatic heterocycles. The standard InChI is InChI=1S/C30H44N4O5/c1-6-8-20-34(28(37)24(18-19-25(31)35)33-29(38)39-30(3,4)5)26(23-17-13-12-14-21(23)7-2)27(36)32-22-15-10-9-11-16-22/h2,12-14,17,22,24,26H,6,8-11,15-16,18-20H2,1,3-5H3,(H2,31,35)(H,32,36)(H,33,38). The molecule has 0 bridgehead atoms. The summed E-state index contributed by atoms with van der Waals surface area (Å²) in [5.74, 6) is 1.21. The summed E-state index contributed by atoms with van der Waals surface area (Å²) < 4.78 is 5.37. The fraction of sp³-hybridized carbons (Fsp3) is 0.600. The van der Waals surface area contributed by atoms with E-state index in [4.69, 9.17) is 16.9 Å².